The van der Waals surface area contributed by atoms with E-state index in [2.05, 4.69) is 5.32 Å². The molecule has 0 saturated heterocycles. The fourth-order valence-corrected chi connectivity index (χ4v) is 2.17. The van der Waals surface area contributed by atoms with Gasteiger partial charge in [0.25, 0.3) is 0 Å². The number of phenolic OH excluding ortho intramolecular Hbond substituents is 4. The van der Waals surface area contributed by atoms with Crippen molar-refractivity contribution in [2.24, 2.45) is 0 Å². The first-order valence-electron chi connectivity index (χ1n) is 8.12. The zero-order chi connectivity index (χ0) is 19.7. The molecule has 2 aromatic carbocycles. The molecule has 9 heteroatoms. The predicted molar refractivity (Wildman–Crippen MR) is 96.1 cm³/mol. The van der Waals surface area contributed by atoms with Crippen LogP contribution in [0.3, 0.4) is 0 Å². The van der Waals surface area contributed by atoms with Crippen molar-refractivity contribution < 1.29 is 48.4 Å². The number of phenols is 4. The van der Waals surface area contributed by atoms with Gasteiger partial charge in [-0.2, -0.15) is 0 Å². The van der Waals surface area contributed by atoms with Crippen LogP contribution in [0, 0.1) is 0 Å². The highest BCUT2D eigenvalue weighted by Crippen LogP contribution is 2.28. The van der Waals surface area contributed by atoms with Gasteiger partial charge in [-0.3, -0.25) is 0 Å². The Bertz CT molecular complexity index is 642. The van der Waals surface area contributed by atoms with E-state index in [-0.39, 0.29) is 35.4 Å². The first-order valence-corrected chi connectivity index (χ1v) is 8.12. The Morgan fingerprint density at radius 1 is 0.815 bits per heavy atom. The number of benzene rings is 2. The molecule has 0 spiro atoms. The van der Waals surface area contributed by atoms with E-state index in [0.29, 0.717) is 24.2 Å². The zero-order valence-corrected chi connectivity index (χ0v) is 15.9. The van der Waals surface area contributed by atoms with E-state index in [1.165, 1.54) is 24.3 Å². The van der Waals surface area contributed by atoms with Crippen molar-refractivity contribution in [3.05, 3.63) is 47.5 Å². The molecule has 152 valence electrons. The van der Waals surface area contributed by atoms with Gasteiger partial charge >= 0.3 is 0 Å². The number of nitrogens with two attached hydrogens (primary N) is 1. The largest absolute Gasteiger partial charge is 1.00 e. The van der Waals surface area contributed by atoms with Crippen LogP contribution in [0.15, 0.2) is 36.4 Å². The molecule has 0 aromatic heterocycles. The zero-order valence-electron chi connectivity index (χ0n) is 15.2. The standard InChI is InChI=1S/2C9H13NO3.ClH/c2*1-10-5-9(13)6-2-3-7(11)8(12)4-6;/h2*2-4,9-13H,5H2,1H3;1H/t9-;;/m1../s1. The van der Waals surface area contributed by atoms with Crippen LogP contribution in [0.1, 0.15) is 23.3 Å². The van der Waals surface area contributed by atoms with Crippen molar-refractivity contribution in [2.45, 2.75) is 12.2 Å². The van der Waals surface area contributed by atoms with Gasteiger partial charge in [0, 0.05) is 6.54 Å². The fraction of sp³-hybridized carbons (Fsp3) is 0.333. The van der Waals surface area contributed by atoms with Crippen LogP contribution in [0.2, 0.25) is 0 Å². The van der Waals surface area contributed by atoms with Gasteiger partial charge in [-0.05, 0) is 42.4 Å². The second kappa shape index (κ2) is 12.2. The maximum atomic E-state index is 9.51. The normalized spacial score (nSPS) is 12.3. The van der Waals surface area contributed by atoms with Crippen LogP contribution in [0.25, 0.3) is 0 Å². The Balaban J connectivity index is 0.000000483. The molecular formula is C18H27ClN2O6. The molecule has 9 N–H and O–H groups in total. The Hall–Kier alpha value is -2.23. The number of aliphatic hydroxyl groups excluding tert-OH is 2. The number of rotatable bonds is 6. The predicted octanol–water partition coefficient (Wildman–Crippen LogP) is -3.32. The molecular weight excluding hydrogens is 376 g/mol. The van der Waals surface area contributed by atoms with E-state index in [1.807, 2.05) is 12.4 Å². The van der Waals surface area contributed by atoms with Crippen molar-refractivity contribution in [3.8, 4) is 23.0 Å². The van der Waals surface area contributed by atoms with Gasteiger partial charge in [0.05, 0.1) is 13.2 Å². The summed E-state index contributed by atoms with van der Waals surface area (Å²) in [6.07, 6.45) is -1.28. The third kappa shape index (κ3) is 7.90. The molecule has 0 amide bonds. The summed E-state index contributed by atoms with van der Waals surface area (Å²) in [4.78, 5) is 0. The topological polar surface area (TPSA) is 150 Å². The van der Waals surface area contributed by atoms with E-state index in [4.69, 9.17) is 20.4 Å². The highest BCUT2D eigenvalue weighted by Gasteiger charge is 2.10. The Labute approximate surface area is 164 Å². The number of quaternary nitrogens is 1. The molecule has 0 aliphatic heterocycles. The minimum atomic E-state index is -0.670. The lowest BCUT2D eigenvalue weighted by molar-refractivity contribution is -0.634. The highest BCUT2D eigenvalue weighted by atomic mass is 35.5. The van der Waals surface area contributed by atoms with Crippen LogP contribution in [0.5, 0.6) is 23.0 Å². The van der Waals surface area contributed by atoms with Crippen molar-refractivity contribution >= 4 is 0 Å². The first-order chi connectivity index (χ1) is 12.3. The number of aliphatic hydroxyl groups is 2. The summed E-state index contributed by atoms with van der Waals surface area (Å²) in [5, 5.41) is 59.9. The summed E-state index contributed by atoms with van der Waals surface area (Å²) in [5.41, 5.74) is 1.18. The van der Waals surface area contributed by atoms with Crippen LogP contribution >= 0.6 is 0 Å². The number of hydrogen-bond acceptors (Lipinski definition) is 7. The monoisotopic (exact) mass is 402 g/mol. The van der Waals surface area contributed by atoms with Gasteiger partial charge in [0.1, 0.15) is 12.6 Å². The van der Waals surface area contributed by atoms with Gasteiger partial charge in [-0.15, -0.1) is 0 Å². The maximum Gasteiger partial charge on any atom is 0.157 e. The van der Waals surface area contributed by atoms with E-state index in [0.717, 1.165) is 0 Å². The Morgan fingerprint density at radius 2 is 1.26 bits per heavy atom. The molecule has 0 radical (unpaired) electrons. The summed E-state index contributed by atoms with van der Waals surface area (Å²) in [6, 6.07) is 8.58. The molecule has 1 unspecified atom stereocenters. The highest BCUT2D eigenvalue weighted by molar-refractivity contribution is 5.41. The molecule has 0 fully saturated rings. The van der Waals surface area contributed by atoms with Gasteiger partial charge in [-0.1, -0.05) is 12.1 Å². The summed E-state index contributed by atoms with van der Waals surface area (Å²) in [7, 11) is 3.58. The van der Waals surface area contributed by atoms with Crippen molar-refractivity contribution in [1.29, 1.82) is 0 Å². The molecule has 2 atom stereocenters. The average molecular weight is 403 g/mol. The number of hydrogen-bond donors (Lipinski definition) is 8. The Morgan fingerprint density at radius 3 is 1.63 bits per heavy atom. The minimum Gasteiger partial charge on any atom is -1.00 e. The molecule has 0 bridgehead atoms. The third-order valence-corrected chi connectivity index (χ3v) is 3.62. The lowest BCUT2D eigenvalue weighted by Crippen LogP contribution is -3.00. The summed E-state index contributed by atoms with van der Waals surface area (Å²) < 4.78 is 0. The SMILES string of the molecule is CNC[C@@H](O)c1ccc(O)c(O)c1.C[NH2+]CC(O)c1ccc(O)c(O)c1.[Cl-]. The number of aromatic hydroxyl groups is 4. The lowest BCUT2D eigenvalue weighted by atomic mass is 10.1. The summed E-state index contributed by atoms with van der Waals surface area (Å²) in [6.45, 7) is 0.939. The van der Waals surface area contributed by atoms with Crippen LogP contribution in [0.4, 0.5) is 0 Å². The van der Waals surface area contributed by atoms with E-state index in [9.17, 15) is 10.2 Å². The van der Waals surface area contributed by atoms with Gasteiger partial charge < -0.3 is 53.7 Å². The molecule has 0 saturated carbocycles. The molecule has 0 heterocycles. The molecule has 2 aromatic rings. The van der Waals surface area contributed by atoms with E-state index < -0.39 is 12.2 Å². The van der Waals surface area contributed by atoms with Crippen molar-refractivity contribution in [2.75, 3.05) is 27.2 Å². The van der Waals surface area contributed by atoms with Crippen LogP contribution in [-0.4, -0.2) is 57.8 Å². The molecule has 0 aliphatic carbocycles. The smallest absolute Gasteiger partial charge is 0.157 e. The number of likely N-dealkylation sites (N-methyl/N-ethyl adjacent to an activating group) is 2. The first kappa shape index (κ1) is 24.8. The Kier molecular flexibility index (Phi) is 11.2. The molecule has 2 rings (SSSR count). The van der Waals surface area contributed by atoms with Gasteiger partial charge in [-0.25, -0.2) is 0 Å². The minimum absolute atomic E-state index is 0. The van der Waals surface area contributed by atoms with Crippen molar-refractivity contribution in [1.82, 2.24) is 5.32 Å². The number of halogens is 1. The number of nitrogens with one attached hydrogen (secondary N) is 1. The van der Waals surface area contributed by atoms with Crippen LogP contribution in [-0.2, 0) is 0 Å². The molecule has 0 aliphatic rings. The quantitative estimate of drug-likeness (QED) is 0.235. The molecule has 8 nitrogen and oxygen atoms in total. The van der Waals surface area contributed by atoms with Crippen molar-refractivity contribution in [3.63, 3.8) is 0 Å². The van der Waals surface area contributed by atoms with E-state index in [1.54, 1.807) is 19.2 Å². The summed E-state index contributed by atoms with van der Waals surface area (Å²) in [5.74, 6) is -0.767. The lowest BCUT2D eigenvalue weighted by Gasteiger charge is -2.10. The van der Waals surface area contributed by atoms with E-state index >= 15 is 0 Å². The van der Waals surface area contributed by atoms with Gasteiger partial charge in [0.2, 0.25) is 0 Å². The second-order valence-corrected chi connectivity index (χ2v) is 5.73. The third-order valence-electron chi connectivity index (χ3n) is 3.62. The summed E-state index contributed by atoms with van der Waals surface area (Å²) >= 11 is 0. The van der Waals surface area contributed by atoms with Gasteiger partial charge in [0.15, 0.2) is 23.0 Å². The average Bonchev–Trinajstić information content (AvgIpc) is 2.60. The second-order valence-electron chi connectivity index (χ2n) is 5.73. The maximum absolute atomic E-state index is 9.51. The van der Waals surface area contributed by atoms with Crippen LogP contribution < -0.4 is 23.0 Å². The fourth-order valence-electron chi connectivity index (χ4n) is 2.17. The molecule has 27 heavy (non-hydrogen) atoms.